The largest absolute Gasteiger partial charge is 0.313 e. The third-order valence-electron chi connectivity index (χ3n) is 2.81. The fourth-order valence-electron chi connectivity index (χ4n) is 1.75. The Morgan fingerprint density at radius 3 is 2.44 bits per heavy atom. The molecule has 1 aromatic carbocycles. The SMILES string of the molecule is CCCCNCc1ccc(-c2ncccn2)cc1. The van der Waals surface area contributed by atoms with E-state index in [9.17, 15) is 0 Å². The smallest absolute Gasteiger partial charge is 0.159 e. The van der Waals surface area contributed by atoms with Crippen LogP contribution in [-0.2, 0) is 6.54 Å². The van der Waals surface area contributed by atoms with Gasteiger partial charge in [-0.2, -0.15) is 0 Å². The van der Waals surface area contributed by atoms with Crippen molar-refractivity contribution in [3.63, 3.8) is 0 Å². The second-order valence-electron chi connectivity index (χ2n) is 4.30. The lowest BCUT2D eigenvalue weighted by atomic mass is 10.1. The highest BCUT2D eigenvalue weighted by molar-refractivity contribution is 5.54. The van der Waals surface area contributed by atoms with Gasteiger partial charge in [0.25, 0.3) is 0 Å². The fourth-order valence-corrected chi connectivity index (χ4v) is 1.75. The zero-order valence-corrected chi connectivity index (χ0v) is 10.8. The van der Waals surface area contributed by atoms with Crippen LogP contribution in [0.5, 0.6) is 0 Å². The Kier molecular flexibility index (Phi) is 4.85. The Hall–Kier alpha value is -1.74. The van der Waals surface area contributed by atoms with Gasteiger partial charge in [-0.05, 0) is 24.6 Å². The summed E-state index contributed by atoms with van der Waals surface area (Å²) < 4.78 is 0. The average molecular weight is 241 g/mol. The number of benzene rings is 1. The minimum absolute atomic E-state index is 0.781. The monoisotopic (exact) mass is 241 g/mol. The first-order chi connectivity index (χ1) is 8.90. The number of rotatable bonds is 6. The highest BCUT2D eigenvalue weighted by atomic mass is 14.9. The summed E-state index contributed by atoms with van der Waals surface area (Å²) in [7, 11) is 0. The summed E-state index contributed by atoms with van der Waals surface area (Å²) in [6.07, 6.45) is 6.00. The Morgan fingerprint density at radius 1 is 1.06 bits per heavy atom. The lowest BCUT2D eigenvalue weighted by Gasteiger charge is -2.05. The van der Waals surface area contributed by atoms with E-state index in [0.717, 1.165) is 24.5 Å². The van der Waals surface area contributed by atoms with Crippen LogP contribution >= 0.6 is 0 Å². The van der Waals surface area contributed by atoms with E-state index in [2.05, 4.69) is 46.5 Å². The molecule has 1 N–H and O–H groups in total. The maximum Gasteiger partial charge on any atom is 0.159 e. The zero-order valence-electron chi connectivity index (χ0n) is 10.8. The summed E-state index contributed by atoms with van der Waals surface area (Å²) in [5.41, 5.74) is 2.36. The first kappa shape index (κ1) is 12.7. The van der Waals surface area contributed by atoms with Crippen molar-refractivity contribution in [3.8, 4) is 11.4 Å². The average Bonchev–Trinajstić information content (AvgIpc) is 2.45. The quantitative estimate of drug-likeness (QED) is 0.790. The van der Waals surface area contributed by atoms with Crippen molar-refractivity contribution >= 4 is 0 Å². The summed E-state index contributed by atoms with van der Waals surface area (Å²) in [5.74, 6) is 0.781. The Labute approximate surface area is 108 Å². The van der Waals surface area contributed by atoms with E-state index in [1.54, 1.807) is 12.4 Å². The summed E-state index contributed by atoms with van der Waals surface area (Å²) >= 11 is 0. The van der Waals surface area contributed by atoms with Gasteiger partial charge < -0.3 is 5.32 Å². The van der Waals surface area contributed by atoms with Crippen LogP contribution in [0.2, 0.25) is 0 Å². The van der Waals surface area contributed by atoms with Gasteiger partial charge >= 0.3 is 0 Å². The van der Waals surface area contributed by atoms with Crippen LogP contribution in [-0.4, -0.2) is 16.5 Å². The molecule has 0 atom stereocenters. The topological polar surface area (TPSA) is 37.8 Å². The van der Waals surface area contributed by atoms with Crippen molar-refractivity contribution in [1.29, 1.82) is 0 Å². The molecule has 0 radical (unpaired) electrons. The third-order valence-corrected chi connectivity index (χ3v) is 2.81. The van der Waals surface area contributed by atoms with Gasteiger partial charge in [0.15, 0.2) is 5.82 Å². The first-order valence-electron chi connectivity index (χ1n) is 6.47. The maximum atomic E-state index is 4.24. The molecule has 0 bridgehead atoms. The molecule has 0 aliphatic rings. The standard InChI is InChI=1S/C15H19N3/c1-2-3-9-16-12-13-5-7-14(8-6-13)15-17-10-4-11-18-15/h4-8,10-11,16H,2-3,9,12H2,1H3. The second-order valence-corrected chi connectivity index (χ2v) is 4.30. The van der Waals surface area contributed by atoms with Crippen molar-refractivity contribution in [2.75, 3.05) is 6.54 Å². The molecule has 2 rings (SSSR count). The number of nitrogens with one attached hydrogen (secondary N) is 1. The Bertz CT molecular complexity index is 451. The van der Waals surface area contributed by atoms with E-state index in [1.807, 2.05) is 6.07 Å². The molecule has 0 unspecified atom stereocenters. The predicted molar refractivity (Wildman–Crippen MR) is 74.1 cm³/mol. The zero-order chi connectivity index (χ0) is 12.6. The van der Waals surface area contributed by atoms with E-state index in [1.165, 1.54) is 18.4 Å². The van der Waals surface area contributed by atoms with Crippen LogP contribution in [0.4, 0.5) is 0 Å². The van der Waals surface area contributed by atoms with Gasteiger partial charge in [-0.25, -0.2) is 9.97 Å². The number of nitrogens with zero attached hydrogens (tertiary/aromatic N) is 2. The molecule has 18 heavy (non-hydrogen) atoms. The van der Waals surface area contributed by atoms with Gasteiger partial charge in [0.2, 0.25) is 0 Å². The van der Waals surface area contributed by atoms with Gasteiger partial charge in [0.05, 0.1) is 0 Å². The van der Waals surface area contributed by atoms with Crippen LogP contribution in [0, 0.1) is 0 Å². The minimum Gasteiger partial charge on any atom is -0.313 e. The Morgan fingerprint density at radius 2 is 1.78 bits per heavy atom. The number of unbranched alkanes of at least 4 members (excludes halogenated alkanes) is 1. The summed E-state index contributed by atoms with van der Waals surface area (Å²) in [5, 5.41) is 3.43. The molecule has 1 aromatic heterocycles. The van der Waals surface area contributed by atoms with Gasteiger partial charge in [-0.15, -0.1) is 0 Å². The molecular formula is C15H19N3. The second kappa shape index (κ2) is 6.87. The van der Waals surface area contributed by atoms with Gasteiger partial charge in [0.1, 0.15) is 0 Å². The molecule has 0 fully saturated rings. The van der Waals surface area contributed by atoms with E-state index in [0.29, 0.717) is 0 Å². The molecule has 0 aliphatic carbocycles. The van der Waals surface area contributed by atoms with Crippen LogP contribution in [0.25, 0.3) is 11.4 Å². The van der Waals surface area contributed by atoms with Gasteiger partial charge in [-0.3, -0.25) is 0 Å². The summed E-state index contributed by atoms with van der Waals surface area (Å²) in [6.45, 7) is 4.21. The van der Waals surface area contributed by atoms with E-state index < -0.39 is 0 Å². The van der Waals surface area contributed by atoms with Gasteiger partial charge in [0, 0.05) is 24.5 Å². The minimum atomic E-state index is 0.781. The third kappa shape index (κ3) is 3.64. The van der Waals surface area contributed by atoms with Crippen LogP contribution in [0.3, 0.4) is 0 Å². The van der Waals surface area contributed by atoms with Crippen molar-refractivity contribution in [2.24, 2.45) is 0 Å². The lowest BCUT2D eigenvalue weighted by molar-refractivity contribution is 0.641. The molecule has 0 saturated carbocycles. The Balaban J connectivity index is 1.94. The van der Waals surface area contributed by atoms with Crippen LogP contribution in [0.1, 0.15) is 25.3 Å². The summed E-state index contributed by atoms with van der Waals surface area (Å²) in [6, 6.07) is 10.2. The molecule has 0 spiro atoms. The maximum absolute atomic E-state index is 4.24. The molecule has 0 aliphatic heterocycles. The lowest BCUT2D eigenvalue weighted by Crippen LogP contribution is -2.14. The molecule has 1 heterocycles. The van der Waals surface area contributed by atoms with Crippen LogP contribution in [0.15, 0.2) is 42.7 Å². The molecule has 0 amide bonds. The van der Waals surface area contributed by atoms with E-state index in [4.69, 9.17) is 0 Å². The summed E-state index contributed by atoms with van der Waals surface area (Å²) in [4.78, 5) is 8.48. The molecule has 3 heteroatoms. The first-order valence-corrected chi connectivity index (χ1v) is 6.47. The van der Waals surface area contributed by atoms with Crippen molar-refractivity contribution in [2.45, 2.75) is 26.3 Å². The van der Waals surface area contributed by atoms with Crippen LogP contribution < -0.4 is 5.32 Å². The van der Waals surface area contributed by atoms with E-state index in [-0.39, 0.29) is 0 Å². The normalized spacial score (nSPS) is 10.5. The molecule has 94 valence electrons. The van der Waals surface area contributed by atoms with Gasteiger partial charge in [-0.1, -0.05) is 37.6 Å². The molecule has 2 aromatic rings. The fraction of sp³-hybridized carbons (Fsp3) is 0.333. The van der Waals surface area contributed by atoms with Crippen molar-refractivity contribution in [3.05, 3.63) is 48.3 Å². The molecule has 0 saturated heterocycles. The highest BCUT2D eigenvalue weighted by Crippen LogP contribution is 2.14. The number of hydrogen-bond donors (Lipinski definition) is 1. The highest BCUT2D eigenvalue weighted by Gasteiger charge is 1.99. The number of aromatic nitrogens is 2. The molecule has 3 nitrogen and oxygen atoms in total. The predicted octanol–water partition coefficient (Wildman–Crippen LogP) is 3.03. The number of hydrogen-bond acceptors (Lipinski definition) is 3. The van der Waals surface area contributed by atoms with Crippen molar-refractivity contribution in [1.82, 2.24) is 15.3 Å². The molecular weight excluding hydrogens is 222 g/mol. The van der Waals surface area contributed by atoms with Crippen molar-refractivity contribution < 1.29 is 0 Å². The van der Waals surface area contributed by atoms with E-state index >= 15 is 0 Å².